The topological polar surface area (TPSA) is 26.2 Å². The van der Waals surface area contributed by atoms with Gasteiger partial charge in [-0.25, -0.2) is 4.98 Å². The Morgan fingerprint density at radius 1 is 1.00 bits per heavy atom. The first-order valence-corrected chi connectivity index (χ1v) is 6.54. The average molecular weight is 305 g/mol. The first-order valence-electron chi connectivity index (χ1n) is 6.17. The Morgan fingerprint density at radius 2 is 1.70 bits per heavy atom. The number of rotatable bonds is 2. The molecule has 0 atom stereocenters. The lowest BCUT2D eigenvalue weighted by Gasteiger charge is -2.08. The highest BCUT2D eigenvalue weighted by Crippen LogP contribution is 2.25. The number of aromatic nitrogens is 1. The lowest BCUT2D eigenvalue weighted by Crippen LogP contribution is -3.00. The second-order valence-electron chi connectivity index (χ2n) is 4.54. The van der Waals surface area contributed by atoms with E-state index in [4.69, 9.17) is 11.6 Å². The van der Waals surface area contributed by atoms with Crippen LogP contribution in [0.15, 0.2) is 54.6 Å². The van der Waals surface area contributed by atoms with E-state index in [1.54, 1.807) is 0 Å². The van der Waals surface area contributed by atoms with Gasteiger partial charge in [0.2, 0.25) is 5.52 Å². The summed E-state index contributed by atoms with van der Waals surface area (Å²) in [6.07, 6.45) is 0. The number of aromatic amines is 1. The number of halogens is 2. The van der Waals surface area contributed by atoms with Crippen molar-refractivity contribution in [3.8, 4) is 0 Å². The van der Waals surface area contributed by atoms with Crippen molar-refractivity contribution >= 4 is 33.9 Å². The molecule has 2 nitrogen and oxygen atoms in total. The zero-order chi connectivity index (χ0) is 13.2. The molecule has 0 unspecified atom stereocenters. The molecule has 0 amide bonds. The van der Waals surface area contributed by atoms with Gasteiger partial charge >= 0.3 is 0 Å². The third-order valence-corrected chi connectivity index (χ3v) is 3.29. The molecule has 0 aliphatic carbocycles. The Kier molecular flexibility index (Phi) is 4.48. The summed E-state index contributed by atoms with van der Waals surface area (Å²) in [5, 5.41) is 5.35. The van der Waals surface area contributed by atoms with Crippen LogP contribution in [0, 0.1) is 6.92 Å². The molecule has 2 aromatic carbocycles. The standard InChI is InChI=1S/C16H13ClN2.ClH/c1-11-10-16(14-4-2-3-5-15(14)18-11)19-13-8-6-12(17)7-9-13;/h2-10H,1H3,(H,18,19);1H. The summed E-state index contributed by atoms with van der Waals surface area (Å²) in [5.74, 6) is 0. The molecule has 0 radical (unpaired) electrons. The molecule has 0 saturated heterocycles. The van der Waals surface area contributed by atoms with E-state index in [2.05, 4.69) is 35.4 Å². The van der Waals surface area contributed by atoms with Gasteiger partial charge in [-0.05, 0) is 30.3 Å². The Hall–Kier alpha value is -1.77. The van der Waals surface area contributed by atoms with Gasteiger partial charge in [-0.1, -0.05) is 23.7 Å². The van der Waals surface area contributed by atoms with Crippen molar-refractivity contribution in [1.29, 1.82) is 0 Å². The van der Waals surface area contributed by atoms with Gasteiger partial charge in [-0.2, -0.15) is 0 Å². The molecular formula is C16H14Cl2N2. The maximum atomic E-state index is 5.90. The lowest BCUT2D eigenvalue weighted by molar-refractivity contribution is -0.354. The van der Waals surface area contributed by atoms with Gasteiger partial charge in [0.1, 0.15) is 0 Å². The molecule has 0 spiro atoms. The number of benzene rings is 2. The van der Waals surface area contributed by atoms with E-state index in [-0.39, 0.29) is 12.4 Å². The number of H-pyrrole nitrogens is 1. The summed E-state index contributed by atoms with van der Waals surface area (Å²) in [6, 6.07) is 18.1. The maximum absolute atomic E-state index is 5.90. The van der Waals surface area contributed by atoms with E-state index in [9.17, 15) is 0 Å². The van der Waals surface area contributed by atoms with Crippen molar-refractivity contribution in [2.75, 3.05) is 5.32 Å². The number of aryl methyl sites for hydroxylation is 1. The summed E-state index contributed by atoms with van der Waals surface area (Å²) in [5.41, 5.74) is 4.36. The fourth-order valence-corrected chi connectivity index (χ4v) is 2.29. The second-order valence-corrected chi connectivity index (χ2v) is 4.98. The van der Waals surface area contributed by atoms with Crippen LogP contribution in [0.4, 0.5) is 11.4 Å². The van der Waals surface area contributed by atoms with Crippen molar-refractivity contribution in [3.05, 3.63) is 65.3 Å². The van der Waals surface area contributed by atoms with Gasteiger partial charge in [0.15, 0.2) is 5.69 Å². The zero-order valence-corrected chi connectivity index (χ0v) is 12.5. The third kappa shape index (κ3) is 3.03. The fourth-order valence-electron chi connectivity index (χ4n) is 2.16. The monoisotopic (exact) mass is 304 g/mol. The largest absolute Gasteiger partial charge is 1.00 e. The summed E-state index contributed by atoms with van der Waals surface area (Å²) < 4.78 is 0. The van der Waals surface area contributed by atoms with Gasteiger partial charge < -0.3 is 17.7 Å². The zero-order valence-electron chi connectivity index (χ0n) is 11.0. The predicted octanol–water partition coefficient (Wildman–Crippen LogP) is 1.36. The minimum absolute atomic E-state index is 0. The SMILES string of the molecule is Cc1cc(Nc2ccc(Cl)cc2)c2ccccc2[nH+]1.[Cl-]. The summed E-state index contributed by atoms with van der Waals surface area (Å²) in [4.78, 5) is 3.36. The number of hydrogen-bond donors (Lipinski definition) is 1. The Bertz CT molecular complexity index is 724. The molecule has 4 heteroatoms. The van der Waals surface area contributed by atoms with E-state index in [0.717, 1.165) is 27.6 Å². The smallest absolute Gasteiger partial charge is 0.213 e. The Labute approximate surface area is 129 Å². The molecule has 3 aromatic rings. The van der Waals surface area contributed by atoms with Gasteiger partial charge in [-0.3, -0.25) is 0 Å². The maximum Gasteiger partial charge on any atom is 0.213 e. The van der Waals surface area contributed by atoms with Gasteiger partial charge in [0.25, 0.3) is 0 Å². The Balaban J connectivity index is 0.00000147. The lowest BCUT2D eigenvalue weighted by atomic mass is 10.1. The molecule has 2 N–H and O–H groups in total. The predicted molar refractivity (Wildman–Crippen MR) is 80.0 cm³/mol. The van der Waals surface area contributed by atoms with Crippen LogP contribution in [0.25, 0.3) is 10.9 Å². The second kappa shape index (κ2) is 6.12. The fraction of sp³-hybridized carbons (Fsp3) is 0.0625. The van der Waals surface area contributed by atoms with Crippen molar-refractivity contribution in [2.24, 2.45) is 0 Å². The molecule has 1 aromatic heterocycles. The first kappa shape index (κ1) is 14.6. The van der Waals surface area contributed by atoms with Crippen LogP contribution < -0.4 is 22.7 Å². The number of anilines is 2. The van der Waals surface area contributed by atoms with Crippen molar-refractivity contribution < 1.29 is 17.4 Å². The number of pyridine rings is 1. The minimum atomic E-state index is 0. The Morgan fingerprint density at radius 3 is 2.45 bits per heavy atom. The molecular weight excluding hydrogens is 291 g/mol. The molecule has 102 valence electrons. The van der Waals surface area contributed by atoms with Crippen LogP contribution >= 0.6 is 11.6 Å². The van der Waals surface area contributed by atoms with Crippen LogP contribution in [-0.2, 0) is 0 Å². The minimum Gasteiger partial charge on any atom is -1.00 e. The quantitative estimate of drug-likeness (QED) is 0.760. The van der Waals surface area contributed by atoms with E-state index >= 15 is 0 Å². The molecule has 1 heterocycles. The summed E-state index contributed by atoms with van der Waals surface area (Å²) in [6.45, 7) is 2.06. The van der Waals surface area contributed by atoms with Crippen LogP contribution in [-0.4, -0.2) is 0 Å². The van der Waals surface area contributed by atoms with Gasteiger partial charge in [-0.15, -0.1) is 0 Å². The number of fused-ring (bicyclic) bond motifs is 1. The summed E-state index contributed by atoms with van der Waals surface area (Å²) >= 11 is 5.90. The van der Waals surface area contributed by atoms with Crippen LogP contribution in [0.1, 0.15) is 5.69 Å². The highest BCUT2D eigenvalue weighted by Gasteiger charge is 2.08. The van der Waals surface area contributed by atoms with Crippen LogP contribution in [0.2, 0.25) is 5.02 Å². The van der Waals surface area contributed by atoms with Gasteiger partial charge in [0, 0.05) is 29.8 Å². The third-order valence-electron chi connectivity index (χ3n) is 3.03. The molecule has 0 saturated carbocycles. The number of nitrogens with one attached hydrogen (secondary N) is 2. The highest BCUT2D eigenvalue weighted by atomic mass is 35.5. The molecule has 0 fully saturated rings. The molecule has 20 heavy (non-hydrogen) atoms. The normalized spacial score (nSPS) is 10.1. The number of para-hydroxylation sites is 1. The highest BCUT2D eigenvalue weighted by molar-refractivity contribution is 6.30. The van der Waals surface area contributed by atoms with Crippen molar-refractivity contribution in [1.82, 2.24) is 0 Å². The van der Waals surface area contributed by atoms with Crippen molar-refractivity contribution in [2.45, 2.75) is 6.92 Å². The van der Waals surface area contributed by atoms with E-state index in [1.165, 1.54) is 5.39 Å². The molecule has 0 aliphatic heterocycles. The molecule has 3 rings (SSSR count). The van der Waals surface area contributed by atoms with Crippen LogP contribution in [0.3, 0.4) is 0 Å². The summed E-state index contributed by atoms with van der Waals surface area (Å²) in [7, 11) is 0. The average Bonchev–Trinajstić information content (AvgIpc) is 2.41. The van der Waals surface area contributed by atoms with E-state index < -0.39 is 0 Å². The van der Waals surface area contributed by atoms with Crippen LogP contribution in [0.5, 0.6) is 0 Å². The van der Waals surface area contributed by atoms with E-state index in [0.29, 0.717) is 0 Å². The van der Waals surface area contributed by atoms with E-state index in [1.807, 2.05) is 36.4 Å². The molecule has 0 bridgehead atoms. The first-order chi connectivity index (χ1) is 9.22. The van der Waals surface area contributed by atoms with Crippen molar-refractivity contribution in [3.63, 3.8) is 0 Å². The molecule has 0 aliphatic rings. The van der Waals surface area contributed by atoms with Gasteiger partial charge in [0.05, 0.1) is 11.1 Å². The number of hydrogen-bond acceptors (Lipinski definition) is 1.